The van der Waals surface area contributed by atoms with Crippen molar-refractivity contribution in [2.24, 2.45) is 5.10 Å². The summed E-state index contributed by atoms with van der Waals surface area (Å²) in [6, 6.07) is 6.76. The minimum Gasteiger partial charge on any atom is -0.263 e. The first-order chi connectivity index (χ1) is 7.18. The summed E-state index contributed by atoms with van der Waals surface area (Å²) in [5.41, 5.74) is 0.997. The molecule has 5 nitrogen and oxygen atoms in total. The van der Waals surface area contributed by atoms with Gasteiger partial charge in [-0.25, -0.2) is 0 Å². The summed E-state index contributed by atoms with van der Waals surface area (Å²) < 4.78 is 0. The van der Waals surface area contributed by atoms with Crippen molar-refractivity contribution in [1.82, 2.24) is 0 Å². The molecule has 0 saturated carbocycles. The van der Waals surface area contributed by atoms with Crippen LogP contribution in [-0.2, 0) is 0 Å². The first kappa shape index (κ1) is 9.64. The number of hydrogen-bond acceptors (Lipinski definition) is 4. The van der Waals surface area contributed by atoms with Gasteiger partial charge >= 0.3 is 0 Å². The van der Waals surface area contributed by atoms with Crippen LogP contribution in [0.1, 0.15) is 13.3 Å². The Morgan fingerprint density at radius 3 is 2.60 bits per heavy atom. The minimum atomic E-state index is -0.402. The van der Waals surface area contributed by atoms with Crippen LogP contribution >= 0.6 is 0 Å². The highest BCUT2D eigenvalue weighted by molar-refractivity contribution is 5.66. The highest BCUT2D eigenvalue weighted by Crippen LogP contribution is 2.24. The first-order valence-corrected chi connectivity index (χ1v) is 4.74. The van der Waals surface area contributed by atoms with E-state index in [1.54, 1.807) is 12.1 Å². The third-order valence-electron chi connectivity index (χ3n) is 2.40. The Bertz CT molecular complexity index is 400. The monoisotopic (exact) mass is 205 g/mol. The zero-order chi connectivity index (χ0) is 10.8. The molecule has 1 unspecified atom stereocenters. The Morgan fingerprint density at radius 1 is 1.47 bits per heavy atom. The number of nitro groups is 1. The third kappa shape index (κ3) is 1.81. The van der Waals surface area contributed by atoms with Gasteiger partial charge in [-0.3, -0.25) is 15.1 Å². The maximum atomic E-state index is 10.5. The average Bonchev–Trinajstić information content (AvgIpc) is 2.65. The normalized spacial score (nSPS) is 19.5. The van der Waals surface area contributed by atoms with E-state index in [0.29, 0.717) is 6.04 Å². The van der Waals surface area contributed by atoms with Gasteiger partial charge in [0.15, 0.2) is 0 Å². The molecule has 15 heavy (non-hydrogen) atoms. The molecule has 0 fully saturated rings. The molecule has 1 heterocycles. The maximum Gasteiger partial charge on any atom is 0.269 e. The SMILES string of the molecule is CC1CC=NN1c1ccc([N+](=O)[O-])cc1. The van der Waals surface area contributed by atoms with Crippen molar-refractivity contribution >= 4 is 17.6 Å². The van der Waals surface area contributed by atoms with Crippen molar-refractivity contribution in [3.05, 3.63) is 34.4 Å². The van der Waals surface area contributed by atoms with Crippen molar-refractivity contribution in [3.8, 4) is 0 Å². The van der Waals surface area contributed by atoms with E-state index in [0.717, 1.165) is 12.1 Å². The Balaban J connectivity index is 2.23. The van der Waals surface area contributed by atoms with Crippen molar-refractivity contribution in [2.75, 3.05) is 5.01 Å². The van der Waals surface area contributed by atoms with Crippen LogP contribution < -0.4 is 5.01 Å². The van der Waals surface area contributed by atoms with Crippen molar-refractivity contribution < 1.29 is 4.92 Å². The molecule has 1 aromatic rings. The van der Waals surface area contributed by atoms with Gasteiger partial charge in [0.05, 0.1) is 16.7 Å². The topological polar surface area (TPSA) is 58.7 Å². The van der Waals surface area contributed by atoms with Crippen molar-refractivity contribution in [3.63, 3.8) is 0 Å². The molecule has 0 aliphatic carbocycles. The van der Waals surface area contributed by atoms with Crippen LogP contribution in [0.4, 0.5) is 11.4 Å². The van der Waals surface area contributed by atoms with Gasteiger partial charge in [-0.1, -0.05) is 0 Å². The molecular formula is C10H11N3O2. The Labute approximate surface area is 87.2 Å². The second kappa shape index (κ2) is 3.68. The van der Waals surface area contributed by atoms with E-state index in [9.17, 15) is 10.1 Å². The molecule has 1 atom stereocenters. The largest absolute Gasteiger partial charge is 0.269 e. The summed E-state index contributed by atoms with van der Waals surface area (Å²) in [5.74, 6) is 0. The van der Waals surface area contributed by atoms with Crippen LogP contribution in [0.2, 0.25) is 0 Å². The molecule has 0 spiro atoms. The maximum absolute atomic E-state index is 10.5. The standard InChI is InChI=1S/C10H11N3O2/c1-8-6-7-11-12(8)9-2-4-10(5-3-9)13(14)15/h2-5,7-8H,6H2,1H3. The number of anilines is 1. The van der Waals surface area contributed by atoms with Crippen LogP contribution in [0.25, 0.3) is 0 Å². The second-order valence-electron chi connectivity index (χ2n) is 3.50. The van der Waals surface area contributed by atoms with Crippen LogP contribution in [0.3, 0.4) is 0 Å². The molecule has 0 bridgehead atoms. The predicted octanol–water partition coefficient (Wildman–Crippen LogP) is 2.18. The van der Waals surface area contributed by atoms with E-state index in [-0.39, 0.29) is 5.69 Å². The van der Waals surface area contributed by atoms with Crippen LogP contribution in [0.15, 0.2) is 29.4 Å². The fourth-order valence-corrected chi connectivity index (χ4v) is 1.55. The van der Waals surface area contributed by atoms with Gasteiger partial charge in [0.25, 0.3) is 5.69 Å². The third-order valence-corrected chi connectivity index (χ3v) is 2.40. The Kier molecular flexibility index (Phi) is 2.37. The van der Waals surface area contributed by atoms with Gasteiger partial charge < -0.3 is 0 Å². The number of nitrogens with zero attached hydrogens (tertiary/aromatic N) is 3. The van der Waals surface area contributed by atoms with E-state index >= 15 is 0 Å². The lowest BCUT2D eigenvalue weighted by Gasteiger charge is -2.19. The molecule has 0 N–H and O–H groups in total. The van der Waals surface area contributed by atoms with Gasteiger partial charge in [0.2, 0.25) is 0 Å². The lowest BCUT2D eigenvalue weighted by Crippen LogP contribution is -2.22. The van der Waals surface area contributed by atoms with Crippen molar-refractivity contribution in [2.45, 2.75) is 19.4 Å². The molecule has 0 aromatic heterocycles. The molecule has 0 amide bonds. The molecule has 78 valence electrons. The van der Waals surface area contributed by atoms with Crippen LogP contribution in [0, 0.1) is 10.1 Å². The number of rotatable bonds is 2. The summed E-state index contributed by atoms with van der Waals surface area (Å²) in [4.78, 5) is 10.1. The molecule has 0 radical (unpaired) electrons. The van der Waals surface area contributed by atoms with Gasteiger partial charge in [-0.05, 0) is 19.1 Å². The molecule has 0 saturated heterocycles. The second-order valence-corrected chi connectivity index (χ2v) is 3.50. The number of non-ortho nitro benzene ring substituents is 1. The zero-order valence-electron chi connectivity index (χ0n) is 8.33. The quantitative estimate of drug-likeness (QED) is 0.549. The first-order valence-electron chi connectivity index (χ1n) is 4.74. The van der Waals surface area contributed by atoms with E-state index < -0.39 is 4.92 Å². The fourth-order valence-electron chi connectivity index (χ4n) is 1.55. The molecular weight excluding hydrogens is 194 g/mol. The Morgan fingerprint density at radius 2 is 2.13 bits per heavy atom. The number of hydrogen-bond donors (Lipinski definition) is 0. The van der Waals surface area contributed by atoms with E-state index in [4.69, 9.17) is 0 Å². The number of hydrazone groups is 1. The molecule has 1 aromatic carbocycles. The minimum absolute atomic E-state index is 0.106. The highest BCUT2D eigenvalue weighted by Gasteiger charge is 2.17. The van der Waals surface area contributed by atoms with Crippen molar-refractivity contribution in [1.29, 1.82) is 0 Å². The summed E-state index contributed by atoms with van der Waals surface area (Å²) >= 11 is 0. The highest BCUT2D eigenvalue weighted by atomic mass is 16.6. The van der Waals surface area contributed by atoms with Gasteiger partial charge in [-0.15, -0.1) is 0 Å². The fraction of sp³-hybridized carbons (Fsp3) is 0.300. The Hall–Kier alpha value is -1.91. The van der Waals surface area contributed by atoms with Gasteiger partial charge in [0.1, 0.15) is 0 Å². The summed E-state index contributed by atoms with van der Waals surface area (Å²) in [6.07, 6.45) is 2.77. The molecule has 5 heteroatoms. The van der Waals surface area contributed by atoms with Crippen LogP contribution in [0.5, 0.6) is 0 Å². The average molecular weight is 205 g/mol. The van der Waals surface area contributed by atoms with E-state index in [2.05, 4.69) is 12.0 Å². The lowest BCUT2D eigenvalue weighted by atomic mass is 10.2. The summed E-state index contributed by atoms with van der Waals surface area (Å²) in [7, 11) is 0. The van der Waals surface area contributed by atoms with E-state index in [1.807, 2.05) is 11.2 Å². The smallest absolute Gasteiger partial charge is 0.263 e. The van der Waals surface area contributed by atoms with Gasteiger partial charge in [0, 0.05) is 24.8 Å². The molecule has 2 rings (SSSR count). The number of benzene rings is 1. The lowest BCUT2D eigenvalue weighted by molar-refractivity contribution is -0.384. The molecule has 1 aliphatic heterocycles. The summed E-state index contributed by atoms with van der Waals surface area (Å²) in [6.45, 7) is 2.06. The summed E-state index contributed by atoms with van der Waals surface area (Å²) in [5, 5.41) is 16.5. The van der Waals surface area contributed by atoms with Gasteiger partial charge in [-0.2, -0.15) is 5.10 Å². The number of nitro benzene ring substituents is 1. The predicted molar refractivity (Wildman–Crippen MR) is 58.1 cm³/mol. The van der Waals surface area contributed by atoms with E-state index in [1.165, 1.54) is 12.1 Å². The van der Waals surface area contributed by atoms with Crippen LogP contribution in [-0.4, -0.2) is 17.2 Å². The zero-order valence-corrected chi connectivity index (χ0v) is 8.33. The molecule has 1 aliphatic rings.